The Balaban J connectivity index is 1.53. The molecular formula is C22H18ClN5OS. The second-order valence-electron chi connectivity index (χ2n) is 6.75. The molecule has 0 amide bonds. The fourth-order valence-corrected chi connectivity index (χ4v) is 4.24. The molecule has 0 atom stereocenters. The Kier molecular flexibility index (Phi) is 5.88. The molecule has 0 radical (unpaired) electrons. The summed E-state index contributed by atoms with van der Waals surface area (Å²) in [6.45, 7) is 0.561. The van der Waals surface area contributed by atoms with Crippen LogP contribution in [-0.4, -0.2) is 30.9 Å². The molecule has 0 fully saturated rings. The molecule has 150 valence electrons. The van der Waals surface area contributed by atoms with Gasteiger partial charge in [-0.2, -0.15) is 5.26 Å². The van der Waals surface area contributed by atoms with E-state index < -0.39 is 0 Å². The maximum Gasteiger partial charge on any atom is 0.191 e. The van der Waals surface area contributed by atoms with Crippen molar-refractivity contribution in [3.63, 3.8) is 0 Å². The van der Waals surface area contributed by atoms with Crippen molar-refractivity contribution in [3.8, 4) is 17.5 Å². The summed E-state index contributed by atoms with van der Waals surface area (Å²) >= 11 is 7.31. The van der Waals surface area contributed by atoms with E-state index in [0.29, 0.717) is 28.7 Å². The molecule has 0 bridgehead atoms. The molecule has 0 N–H and O–H groups in total. The van der Waals surface area contributed by atoms with E-state index in [0.717, 1.165) is 22.3 Å². The van der Waals surface area contributed by atoms with Crippen molar-refractivity contribution in [1.29, 1.82) is 5.26 Å². The van der Waals surface area contributed by atoms with E-state index in [1.807, 2.05) is 70.9 Å². The predicted molar refractivity (Wildman–Crippen MR) is 119 cm³/mol. The van der Waals surface area contributed by atoms with Gasteiger partial charge >= 0.3 is 0 Å². The van der Waals surface area contributed by atoms with Crippen LogP contribution in [0.15, 0.2) is 59.9 Å². The molecule has 6 nitrogen and oxygen atoms in total. The lowest BCUT2D eigenvalue weighted by molar-refractivity contribution is 0.102. The number of rotatable bonds is 7. The van der Waals surface area contributed by atoms with Crippen LogP contribution in [0.2, 0.25) is 5.02 Å². The first kappa shape index (κ1) is 20.2. The van der Waals surface area contributed by atoms with Crippen LogP contribution in [0.4, 0.5) is 0 Å². The van der Waals surface area contributed by atoms with Crippen LogP contribution in [0.5, 0.6) is 0 Å². The van der Waals surface area contributed by atoms with Crippen molar-refractivity contribution in [2.75, 3.05) is 5.75 Å². The Hall–Kier alpha value is -3.08. The van der Waals surface area contributed by atoms with E-state index in [1.165, 1.54) is 11.8 Å². The summed E-state index contributed by atoms with van der Waals surface area (Å²) in [6, 6.07) is 17.3. The fourth-order valence-electron chi connectivity index (χ4n) is 3.32. The van der Waals surface area contributed by atoms with E-state index in [4.69, 9.17) is 16.9 Å². The fraction of sp³-hybridized carbons (Fsp3) is 0.182. The standard InChI is InChI=1S/C22H18ClN5OS/c1-27-21(15-7-9-16(23)10-8-15)25-26-22(27)30-14-20(29)18-13-28(12-4-11-24)19-6-3-2-5-17(18)19/h2-3,5-10,13H,4,12,14H2,1H3. The largest absolute Gasteiger partial charge is 0.346 e. The summed E-state index contributed by atoms with van der Waals surface area (Å²) in [5.74, 6) is 0.983. The summed E-state index contributed by atoms with van der Waals surface area (Å²) in [5, 5.41) is 19.6. The Morgan fingerprint density at radius 1 is 1.17 bits per heavy atom. The van der Waals surface area contributed by atoms with Crippen molar-refractivity contribution in [1.82, 2.24) is 19.3 Å². The van der Waals surface area contributed by atoms with E-state index in [-0.39, 0.29) is 11.5 Å². The number of carbonyl (C=O) groups is 1. The van der Waals surface area contributed by atoms with Gasteiger partial charge in [-0.05, 0) is 30.3 Å². The molecule has 4 rings (SSSR count). The summed E-state index contributed by atoms with van der Waals surface area (Å²) < 4.78 is 3.84. The first-order valence-corrected chi connectivity index (χ1v) is 10.7. The van der Waals surface area contributed by atoms with Gasteiger partial charge < -0.3 is 9.13 Å². The number of benzene rings is 2. The number of nitrogens with zero attached hydrogens (tertiary/aromatic N) is 5. The molecule has 0 aliphatic rings. The molecule has 30 heavy (non-hydrogen) atoms. The lowest BCUT2D eigenvalue weighted by Gasteiger charge is -2.04. The second kappa shape index (κ2) is 8.74. The molecule has 0 saturated carbocycles. The molecule has 4 aromatic rings. The molecule has 2 aromatic heterocycles. The highest BCUT2D eigenvalue weighted by Crippen LogP contribution is 2.27. The topological polar surface area (TPSA) is 76.5 Å². The Morgan fingerprint density at radius 3 is 2.70 bits per heavy atom. The lowest BCUT2D eigenvalue weighted by Crippen LogP contribution is -2.04. The molecule has 0 unspecified atom stereocenters. The van der Waals surface area contributed by atoms with Gasteiger partial charge in [-0.25, -0.2) is 0 Å². The highest BCUT2D eigenvalue weighted by Gasteiger charge is 2.17. The third-order valence-corrected chi connectivity index (χ3v) is 6.10. The zero-order chi connectivity index (χ0) is 21.1. The average molecular weight is 436 g/mol. The van der Waals surface area contributed by atoms with Crippen LogP contribution >= 0.6 is 23.4 Å². The number of thioether (sulfide) groups is 1. The van der Waals surface area contributed by atoms with E-state index in [2.05, 4.69) is 16.3 Å². The molecule has 8 heteroatoms. The third-order valence-electron chi connectivity index (χ3n) is 4.82. The van der Waals surface area contributed by atoms with Crippen LogP contribution in [0, 0.1) is 11.3 Å². The quantitative estimate of drug-likeness (QED) is 0.302. The summed E-state index contributed by atoms with van der Waals surface area (Å²) in [5.41, 5.74) is 2.54. The van der Waals surface area contributed by atoms with E-state index >= 15 is 0 Å². The maximum atomic E-state index is 13.0. The smallest absolute Gasteiger partial charge is 0.191 e. The number of carbonyl (C=O) groups excluding carboxylic acids is 1. The van der Waals surface area contributed by atoms with E-state index in [9.17, 15) is 4.79 Å². The first-order valence-electron chi connectivity index (χ1n) is 9.34. The number of ketones is 1. The number of Topliss-reactive ketones (excluding diaryl/α,β-unsaturated/α-hetero) is 1. The van der Waals surface area contributed by atoms with Gasteiger partial charge in [0.05, 0.1) is 18.2 Å². The van der Waals surface area contributed by atoms with Gasteiger partial charge in [0.2, 0.25) is 0 Å². The van der Waals surface area contributed by atoms with Gasteiger partial charge in [-0.1, -0.05) is 41.6 Å². The number of aromatic nitrogens is 4. The number of aryl methyl sites for hydroxylation is 1. The minimum atomic E-state index is 0.0166. The van der Waals surface area contributed by atoms with Crippen LogP contribution in [-0.2, 0) is 13.6 Å². The molecule has 0 aliphatic carbocycles. The van der Waals surface area contributed by atoms with Crippen LogP contribution in [0.25, 0.3) is 22.3 Å². The average Bonchev–Trinajstić information content (AvgIpc) is 3.32. The summed E-state index contributed by atoms with van der Waals surface area (Å²) in [4.78, 5) is 13.0. The number of nitriles is 1. The SMILES string of the molecule is Cn1c(SCC(=O)c2cn(CCC#N)c3ccccc23)nnc1-c1ccc(Cl)cc1. The lowest BCUT2D eigenvalue weighted by atomic mass is 10.1. The summed E-state index contributed by atoms with van der Waals surface area (Å²) in [6.07, 6.45) is 2.24. The highest BCUT2D eigenvalue weighted by atomic mass is 35.5. The number of hydrogen-bond donors (Lipinski definition) is 0. The number of para-hydroxylation sites is 1. The molecule has 2 heterocycles. The predicted octanol–water partition coefficient (Wildman–Crippen LogP) is 4.98. The van der Waals surface area contributed by atoms with Crippen molar-refractivity contribution in [2.24, 2.45) is 7.05 Å². The van der Waals surface area contributed by atoms with Crippen LogP contribution < -0.4 is 0 Å². The molecular weight excluding hydrogens is 418 g/mol. The van der Waals surface area contributed by atoms with E-state index in [1.54, 1.807) is 0 Å². The van der Waals surface area contributed by atoms with Crippen molar-refractivity contribution in [2.45, 2.75) is 18.1 Å². The zero-order valence-corrected chi connectivity index (χ0v) is 17.8. The minimum Gasteiger partial charge on any atom is -0.346 e. The summed E-state index contributed by atoms with van der Waals surface area (Å²) in [7, 11) is 1.88. The van der Waals surface area contributed by atoms with Crippen LogP contribution in [0.1, 0.15) is 16.8 Å². The first-order chi connectivity index (χ1) is 14.6. The van der Waals surface area contributed by atoms with Gasteiger partial charge in [0.25, 0.3) is 0 Å². The van der Waals surface area contributed by atoms with Gasteiger partial charge in [-0.15, -0.1) is 10.2 Å². The van der Waals surface area contributed by atoms with Crippen LogP contribution in [0.3, 0.4) is 0 Å². The van der Waals surface area contributed by atoms with Gasteiger partial charge in [0, 0.05) is 46.8 Å². The van der Waals surface area contributed by atoms with Gasteiger partial charge in [0.15, 0.2) is 16.8 Å². The highest BCUT2D eigenvalue weighted by molar-refractivity contribution is 7.99. The van der Waals surface area contributed by atoms with Gasteiger partial charge in [-0.3, -0.25) is 4.79 Å². The Labute approximate surface area is 183 Å². The number of halogens is 1. The minimum absolute atomic E-state index is 0.0166. The molecule has 0 saturated heterocycles. The van der Waals surface area contributed by atoms with Crippen molar-refractivity contribution >= 4 is 40.0 Å². The monoisotopic (exact) mass is 435 g/mol. The molecule has 0 aliphatic heterocycles. The number of fused-ring (bicyclic) bond motifs is 1. The number of hydrogen-bond acceptors (Lipinski definition) is 5. The van der Waals surface area contributed by atoms with Crippen molar-refractivity contribution < 1.29 is 4.79 Å². The second-order valence-corrected chi connectivity index (χ2v) is 8.12. The molecule has 2 aromatic carbocycles. The molecule has 0 spiro atoms. The maximum absolute atomic E-state index is 13.0. The van der Waals surface area contributed by atoms with Gasteiger partial charge in [0.1, 0.15) is 0 Å². The Bertz CT molecular complexity index is 1250. The normalized spacial score (nSPS) is 11.0. The zero-order valence-electron chi connectivity index (χ0n) is 16.2. The van der Waals surface area contributed by atoms with Crippen molar-refractivity contribution in [3.05, 3.63) is 65.3 Å². The third kappa shape index (κ3) is 3.97. The Morgan fingerprint density at radius 2 is 1.93 bits per heavy atom.